The van der Waals surface area contributed by atoms with Gasteiger partial charge in [0.15, 0.2) is 0 Å². The predicted molar refractivity (Wildman–Crippen MR) is 77.7 cm³/mol. The first-order valence-corrected chi connectivity index (χ1v) is 6.25. The topological polar surface area (TPSA) is 41.8 Å². The minimum atomic E-state index is 0.196. The normalized spacial score (nSPS) is 10.8. The van der Waals surface area contributed by atoms with Crippen molar-refractivity contribution < 1.29 is 9.84 Å². The lowest BCUT2D eigenvalue weighted by Gasteiger charge is -2.02. The minimum Gasteiger partial charge on any atom is -0.506 e. The second-order valence-corrected chi connectivity index (χ2v) is 4.25. The van der Waals surface area contributed by atoms with E-state index in [0.717, 1.165) is 16.9 Å². The number of phenols is 1. The van der Waals surface area contributed by atoms with Crippen LogP contribution in [0, 0.1) is 6.92 Å². The van der Waals surface area contributed by atoms with E-state index in [9.17, 15) is 5.11 Å². The lowest BCUT2D eigenvalue weighted by Crippen LogP contribution is -1.91. The van der Waals surface area contributed by atoms with Crippen LogP contribution >= 0.6 is 0 Å². The first-order chi connectivity index (χ1) is 9.19. The third kappa shape index (κ3) is 3.58. The van der Waals surface area contributed by atoms with Crippen molar-refractivity contribution >= 4 is 11.9 Å². The van der Waals surface area contributed by atoms with Crippen molar-refractivity contribution in [2.24, 2.45) is 4.99 Å². The first kappa shape index (κ1) is 13.1. The number of aryl methyl sites for hydroxylation is 1. The third-order valence-corrected chi connectivity index (χ3v) is 2.67. The Hall–Kier alpha value is -2.29. The lowest BCUT2D eigenvalue weighted by atomic mass is 10.2. The Bertz CT molecular complexity index is 574. The second kappa shape index (κ2) is 6.05. The molecule has 0 fully saturated rings. The zero-order valence-electron chi connectivity index (χ0n) is 11.1. The van der Waals surface area contributed by atoms with Crippen LogP contribution in [0.15, 0.2) is 47.5 Å². The minimum absolute atomic E-state index is 0.196. The van der Waals surface area contributed by atoms with E-state index in [1.807, 2.05) is 44.2 Å². The maximum atomic E-state index is 9.75. The van der Waals surface area contributed by atoms with E-state index < -0.39 is 0 Å². The monoisotopic (exact) mass is 255 g/mol. The van der Waals surface area contributed by atoms with Gasteiger partial charge >= 0.3 is 0 Å². The third-order valence-electron chi connectivity index (χ3n) is 2.67. The maximum absolute atomic E-state index is 9.75. The van der Waals surface area contributed by atoms with Crippen LogP contribution < -0.4 is 4.74 Å². The van der Waals surface area contributed by atoms with Crippen LogP contribution in [0.2, 0.25) is 0 Å². The average molecular weight is 255 g/mol. The highest BCUT2D eigenvalue weighted by Crippen LogP contribution is 2.26. The van der Waals surface area contributed by atoms with Crippen LogP contribution in [-0.4, -0.2) is 17.9 Å². The van der Waals surface area contributed by atoms with Crippen molar-refractivity contribution in [3.05, 3.63) is 53.6 Å². The van der Waals surface area contributed by atoms with Gasteiger partial charge in [-0.3, -0.25) is 4.99 Å². The van der Waals surface area contributed by atoms with Crippen molar-refractivity contribution in [2.45, 2.75) is 13.8 Å². The molecule has 0 bridgehead atoms. The molecule has 0 atom stereocenters. The van der Waals surface area contributed by atoms with E-state index in [1.54, 1.807) is 18.3 Å². The lowest BCUT2D eigenvalue weighted by molar-refractivity contribution is 0.340. The van der Waals surface area contributed by atoms with Gasteiger partial charge in [-0.25, -0.2) is 0 Å². The molecule has 0 amide bonds. The molecule has 0 saturated carbocycles. The van der Waals surface area contributed by atoms with Crippen LogP contribution in [0.5, 0.6) is 11.5 Å². The van der Waals surface area contributed by atoms with Gasteiger partial charge in [-0.1, -0.05) is 6.07 Å². The Kier molecular flexibility index (Phi) is 4.18. The summed E-state index contributed by atoms with van der Waals surface area (Å²) in [6.45, 7) is 4.54. The molecule has 3 nitrogen and oxygen atoms in total. The summed E-state index contributed by atoms with van der Waals surface area (Å²) >= 11 is 0. The fourth-order valence-electron chi connectivity index (χ4n) is 1.70. The van der Waals surface area contributed by atoms with Crippen LogP contribution in [0.4, 0.5) is 5.69 Å². The molecule has 0 aliphatic rings. The molecule has 98 valence electrons. The van der Waals surface area contributed by atoms with Gasteiger partial charge in [0.1, 0.15) is 17.2 Å². The SMILES string of the molecule is CCOc1ccc(C=Nc2ccc(C)cc2O)cc1. The number of benzene rings is 2. The predicted octanol–water partition coefficient (Wildman–Crippen LogP) is 3.85. The van der Waals surface area contributed by atoms with Gasteiger partial charge in [0, 0.05) is 6.21 Å². The van der Waals surface area contributed by atoms with E-state index in [1.165, 1.54) is 0 Å². The van der Waals surface area contributed by atoms with E-state index in [2.05, 4.69) is 4.99 Å². The van der Waals surface area contributed by atoms with E-state index in [0.29, 0.717) is 12.3 Å². The number of nitrogens with zero attached hydrogens (tertiary/aromatic N) is 1. The van der Waals surface area contributed by atoms with Crippen LogP contribution in [0.25, 0.3) is 0 Å². The van der Waals surface area contributed by atoms with E-state index >= 15 is 0 Å². The van der Waals surface area contributed by atoms with Gasteiger partial charge in [0.05, 0.1) is 6.61 Å². The highest BCUT2D eigenvalue weighted by atomic mass is 16.5. The van der Waals surface area contributed by atoms with Crippen LogP contribution in [0.3, 0.4) is 0 Å². The number of phenolic OH excluding ortho intramolecular Hbond substituents is 1. The van der Waals surface area contributed by atoms with Gasteiger partial charge in [0.2, 0.25) is 0 Å². The second-order valence-electron chi connectivity index (χ2n) is 4.25. The molecule has 0 saturated heterocycles. The van der Waals surface area contributed by atoms with Crippen LogP contribution in [-0.2, 0) is 0 Å². The molecule has 19 heavy (non-hydrogen) atoms. The molecule has 0 aliphatic heterocycles. The molecule has 2 aromatic rings. The first-order valence-electron chi connectivity index (χ1n) is 6.25. The molecule has 3 heteroatoms. The van der Waals surface area contributed by atoms with Crippen molar-refractivity contribution in [1.82, 2.24) is 0 Å². The van der Waals surface area contributed by atoms with Gasteiger partial charge in [-0.05, 0) is 61.4 Å². The Balaban J connectivity index is 2.13. The number of ether oxygens (including phenoxy) is 1. The van der Waals surface area contributed by atoms with Crippen LogP contribution in [0.1, 0.15) is 18.1 Å². The van der Waals surface area contributed by atoms with Gasteiger partial charge < -0.3 is 9.84 Å². The van der Waals surface area contributed by atoms with Gasteiger partial charge in [-0.2, -0.15) is 0 Å². The molecular formula is C16H17NO2. The Labute approximate surface area is 113 Å². The number of hydrogen-bond donors (Lipinski definition) is 1. The number of aliphatic imine (C=N–C) groups is 1. The summed E-state index contributed by atoms with van der Waals surface area (Å²) < 4.78 is 5.37. The van der Waals surface area contributed by atoms with Crippen molar-refractivity contribution in [3.8, 4) is 11.5 Å². The zero-order chi connectivity index (χ0) is 13.7. The fraction of sp³-hybridized carbons (Fsp3) is 0.188. The largest absolute Gasteiger partial charge is 0.506 e. The summed E-state index contributed by atoms with van der Waals surface area (Å²) in [6, 6.07) is 13.1. The van der Waals surface area contributed by atoms with Crippen molar-refractivity contribution in [1.29, 1.82) is 0 Å². The Morgan fingerprint density at radius 3 is 2.53 bits per heavy atom. The molecule has 0 aromatic heterocycles. The van der Waals surface area contributed by atoms with Gasteiger partial charge in [-0.15, -0.1) is 0 Å². The summed E-state index contributed by atoms with van der Waals surface area (Å²) in [5.41, 5.74) is 2.54. The molecule has 2 aromatic carbocycles. The fourth-order valence-corrected chi connectivity index (χ4v) is 1.70. The summed E-state index contributed by atoms with van der Waals surface area (Å²) in [4.78, 5) is 4.28. The Morgan fingerprint density at radius 1 is 1.16 bits per heavy atom. The number of hydrogen-bond acceptors (Lipinski definition) is 3. The molecule has 1 N–H and O–H groups in total. The summed E-state index contributed by atoms with van der Waals surface area (Å²) in [7, 11) is 0. The Morgan fingerprint density at radius 2 is 1.89 bits per heavy atom. The zero-order valence-corrected chi connectivity index (χ0v) is 11.1. The van der Waals surface area contributed by atoms with Crippen molar-refractivity contribution in [2.75, 3.05) is 6.61 Å². The number of rotatable bonds is 4. The van der Waals surface area contributed by atoms with E-state index in [4.69, 9.17) is 4.74 Å². The highest BCUT2D eigenvalue weighted by molar-refractivity contribution is 5.82. The molecule has 0 radical (unpaired) electrons. The molecule has 2 rings (SSSR count). The summed E-state index contributed by atoms with van der Waals surface area (Å²) in [6.07, 6.45) is 1.72. The summed E-state index contributed by atoms with van der Waals surface area (Å²) in [5.74, 6) is 1.04. The quantitative estimate of drug-likeness (QED) is 0.843. The molecule has 0 unspecified atom stereocenters. The highest BCUT2D eigenvalue weighted by Gasteiger charge is 1.98. The smallest absolute Gasteiger partial charge is 0.141 e. The molecule has 0 spiro atoms. The molecule has 0 aliphatic carbocycles. The standard InChI is InChI=1S/C16H17NO2/c1-3-19-14-7-5-13(6-8-14)11-17-15-9-4-12(2)10-16(15)18/h4-11,18H,3H2,1-2H3. The number of aromatic hydroxyl groups is 1. The maximum Gasteiger partial charge on any atom is 0.141 e. The molecular weight excluding hydrogens is 238 g/mol. The van der Waals surface area contributed by atoms with Gasteiger partial charge in [0.25, 0.3) is 0 Å². The molecule has 0 heterocycles. The van der Waals surface area contributed by atoms with E-state index in [-0.39, 0.29) is 5.75 Å². The summed E-state index contributed by atoms with van der Waals surface area (Å²) in [5, 5.41) is 9.75. The van der Waals surface area contributed by atoms with Crippen molar-refractivity contribution in [3.63, 3.8) is 0 Å². The average Bonchev–Trinajstić information content (AvgIpc) is 2.40.